The van der Waals surface area contributed by atoms with Gasteiger partial charge in [0.2, 0.25) is 11.0 Å². The minimum Gasteiger partial charge on any atom is -0.356 e. The van der Waals surface area contributed by atoms with E-state index in [4.69, 9.17) is 0 Å². The first kappa shape index (κ1) is 22.0. The van der Waals surface area contributed by atoms with Gasteiger partial charge in [-0.2, -0.15) is 5.10 Å². The molecule has 0 aliphatic carbocycles. The third-order valence-electron chi connectivity index (χ3n) is 4.85. The van der Waals surface area contributed by atoms with E-state index in [9.17, 15) is 4.79 Å². The van der Waals surface area contributed by atoms with E-state index in [1.165, 1.54) is 34.2 Å². The average Bonchev–Trinajstić information content (AvgIpc) is 3.37. The Labute approximate surface area is 195 Å². The van der Waals surface area contributed by atoms with Crippen LogP contribution in [0.15, 0.2) is 58.9 Å². The van der Waals surface area contributed by atoms with Crippen LogP contribution in [0.4, 0.5) is 10.8 Å². The maximum absolute atomic E-state index is 12.6. The molecule has 7 nitrogen and oxygen atoms in total. The van der Waals surface area contributed by atoms with Gasteiger partial charge in [0.1, 0.15) is 0 Å². The molecule has 0 aliphatic rings. The second kappa shape index (κ2) is 9.97. The fraction of sp³-hybridized carbons (Fsp3) is 0.217. The van der Waals surface area contributed by atoms with Crippen molar-refractivity contribution >= 4 is 39.8 Å². The van der Waals surface area contributed by atoms with Gasteiger partial charge in [0.15, 0.2) is 4.34 Å². The highest BCUT2D eigenvalue weighted by Crippen LogP contribution is 2.27. The lowest BCUT2D eigenvalue weighted by Crippen LogP contribution is -2.15. The van der Waals surface area contributed by atoms with Crippen molar-refractivity contribution in [2.24, 2.45) is 0 Å². The predicted molar refractivity (Wildman–Crippen MR) is 131 cm³/mol. The Hall–Kier alpha value is -3.17. The summed E-state index contributed by atoms with van der Waals surface area (Å²) in [7, 11) is 0. The fourth-order valence-electron chi connectivity index (χ4n) is 3.18. The van der Waals surface area contributed by atoms with Crippen LogP contribution in [-0.2, 0) is 11.3 Å². The molecule has 0 saturated carbocycles. The molecular weight excluding hydrogens is 440 g/mol. The maximum atomic E-state index is 12.6. The number of thioether (sulfide) groups is 1. The summed E-state index contributed by atoms with van der Waals surface area (Å²) in [6.45, 7) is 6.59. The minimum atomic E-state index is -0.0985. The lowest BCUT2D eigenvalue weighted by Gasteiger charge is -2.07. The van der Waals surface area contributed by atoms with Gasteiger partial charge in [0.05, 0.1) is 28.5 Å². The summed E-state index contributed by atoms with van der Waals surface area (Å²) < 4.78 is 2.60. The van der Waals surface area contributed by atoms with Gasteiger partial charge >= 0.3 is 0 Å². The third kappa shape index (κ3) is 5.35. The molecule has 2 heterocycles. The summed E-state index contributed by atoms with van der Waals surface area (Å²) in [4.78, 5) is 12.6. The number of nitrogens with one attached hydrogen (secondary N) is 2. The van der Waals surface area contributed by atoms with E-state index < -0.39 is 0 Å². The Morgan fingerprint density at radius 3 is 2.53 bits per heavy atom. The topological polar surface area (TPSA) is 84.7 Å². The Morgan fingerprint density at radius 1 is 1.03 bits per heavy atom. The number of amides is 1. The van der Waals surface area contributed by atoms with E-state index in [0.717, 1.165) is 32.2 Å². The predicted octanol–water partition coefficient (Wildman–Crippen LogP) is 4.99. The monoisotopic (exact) mass is 464 g/mol. The lowest BCUT2D eigenvalue weighted by molar-refractivity contribution is -0.113. The first-order chi connectivity index (χ1) is 15.5. The molecule has 164 valence electrons. The summed E-state index contributed by atoms with van der Waals surface area (Å²) in [6.07, 6.45) is 0. The van der Waals surface area contributed by atoms with Gasteiger partial charge in [0.25, 0.3) is 0 Å². The molecule has 0 fully saturated rings. The molecule has 1 amide bonds. The number of benzene rings is 2. The number of carbonyl (C=O) groups excluding carboxylic acids is 1. The van der Waals surface area contributed by atoms with Crippen molar-refractivity contribution in [1.82, 2.24) is 20.0 Å². The lowest BCUT2D eigenvalue weighted by atomic mass is 10.2. The maximum Gasteiger partial charge on any atom is 0.234 e. The molecule has 0 aliphatic heterocycles. The van der Waals surface area contributed by atoms with Gasteiger partial charge in [-0.15, -0.1) is 10.2 Å². The summed E-state index contributed by atoms with van der Waals surface area (Å²) >= 11 is 2.81. The van der Waals surface area contributed by atoms with Crippen LogP contribution in [0.2, 0.25) is 0 Å². The second-order valence-corrected chi connectivity index (χ2v) is 9.54. The number of nitrogens with zero attached hydrogens (tertiary/aromatic N) is 4. The highest BCUT2D eigenvalue weighted by Gasteiger charge is 2.16. The van der Waals surface area contributed by atoms with E-state index in [0.29, 0.717) is 6.54 Å². The normalized spacial score (nSPS) is 10.8. The van der Waals surface area contributed by atoms with Crippen LogP contribution in [0, 0.1) is 20.8 Å². The van der Waals surface area contributed by atoms with E-state index in [2.05, 4.69) is 45.0 Å². The first-order valence-corrected chi connectivity index (χ1v) is 12.0. The van der Waals surface area contributed by atoms with Gasteiger partial charge in [-0.25, -0.2) is 4.68 Å². The smallest absolute Gasteiger partial charge is 0.234 e. The number of aryl methyl sites for hydroxylation is 2. The summed E-state index contributed by atoms with van der Waals surface area (Å²) in [5, 5.41) is 19.9. The minimum absolute atomic E-state index is 0.0985. The first-order valence-electron chi connectivity index (χ1n) is 10.2. The molecule has 2 aromatic carbocycles. The van der Waals surface area contributed by atoms with Crippen LogP contribution in [0.25, 0.3) is 5.69 Å². The van der Waals surface area contributed by atoms with Crippen molar-refractivity contribution in [2.75, 3.05) is 16.4 Å². The van der Waals surface area contributed by atoms with Crippen LogP contribution in [0.3, 0.4) is 0 Å². The average molecular weight is 465 g/mol. The van der Waals surface area contributed by atoms with E-state index in [1.54, 1.807) is 0 Å². The molecule has 0 spiro atoms. The summed E-state index contributed by atoms with van der Waals surface area (Å²) in [5.41, 5.74) is 5.76. The molecule has 0 atom stereocenters. The third-order valence-corrected chi connectivity index (χ3v) is 6.87. The van der Waals surface area contributed by atoms with Crippen molar-refractivity contribution in [2.45, 2.75) is 31.7 Å². The van der Waals surface area contributed by atoms with Crippen molar-refractivity contribution in [3.8, 4) is 5.69 Å². The van der Waals surface area contributed by atoms with Crippen molar-refractivity contribution in [1.29, 1.82) is 0 Å². The molecule has 0 radical (unpaired) electrons. The van der Waals surface area contributed by atoms with Gasteiger partial charge in [-0.3, -0.25) is 4.79 Å². The van der Waals surface area contributed by atoms with Crippen molar-refractivity contribution < 1.29 is 4.79 Å². The number of hydrogen-bond donors (Lipinski definition) is 2. The van der Waals surface area contributed by atoms with Gasteiger partial charge in [-0.1, -0.05) is 71.1 Å². The zero-order chi connectivity index (χ0) is 22.5. The molecule has 0 bridgehead atoms. The molecular formula is C23H24N6OS2. The largest absolute Gasteiger partial charge is 0.356 e. The van der Waals surface area contributed by atoms with Crippen LogP contribution < -0.4 is 10.6 Å². The summed E-state index contributed by atoms with van der Waals surface area (Å²) in [5.74, 6) is 0.153. The number of anilines is 2. The van der Waals surface area contributed by atoms with Crippen LogP contribution >= 0.6 is 23.1 Å². The molecule has 9 heteroatoms. The van der Waals surface area contributed by atoms with Crippen LogP contribution in [-0.4, -0.2) is 31.6 Å². The van der Waals surface area contributed by atoms with Crippen LogP contribution in [0.1, 0.15) is 22.5 Å². The Morgan fingerprint density at radius 2 is 1.78 bits per heavy atom. The Kier molecular flexibility index (Phi) is 6.87. The zero-order valence-electron chi connectivity index (χ0n) is 18.1. The molecule has 0 saturated heterocycles. The molecule has 4 rings (SSSR count). The summed E-state index contributed by atoms with van der Waals surface area (Å²) in [6, 6.07) is 18.3. The van der Waals surface area contributed by atoms with E-state index in [1.807, 2.05) is 61.0 Å². The van der Waals surface area contributed by atoms with E-state index in [-0.39, 0.29) is 11.7 Å². The molecule has 32 heavy (non-hydrogen) atoms. The highest BCUT2D eigenvalue weighted by atomic mass is 32.2. The fourth-order valence-corrected chi connectivity index (χ4v) is 4.72. The van der Waals surface area contributed by atoms with Crippen molar-refractivity contribution in [3.05, 3.63) is 77.1 Å². The van der Waals surface area contributed by atoms with Crippen LogP contribution in [0.5, 0.6) is 0 Å². The second-order valence-electron chi connectivity index (χ2n) is 7.34. The molecule has 4 aromatic rings. The molecule has 2 aromatic heterocycles. The standard InChI is InChI=1S/C23H24N6OS2/c1-15-9-11-19(12-10-15)29-17(3)21(16(2)28-29)25-20(30)14-31-23-27-26-22(32-23)24-13-18-7-5-4-6-8-18/h4-12H,13-14H2,1-3H3,(H,24,26)(H,25,30). The molecule has 0 unspecified atom stereocenters. The quantitative estimate of drug-likeness (QED) is 0.357. The zero-order valence-corrected chi connectivity index (χ0v) is 19.8. The number of hydrogen-bond acceptors (Lipinski definition) is 7. The molecule has 2 N–H and O–H groups in total. The van der Waals surface area contributed by atoms with Gasteiger partial charge < -0.3 is 10.6 Å². The number of carbonyl (C=O) groups is 1. The SMILES string of the molecule is Cc1ccc(-n2nc(C)c(NC(=O)CSc3nnc(NCc4ccccc4)s3)c2C)cc1. The highest BCUT2D eigenvalue weighted by molar-refractivity contribution is 8.01. The number of rotatable bonds is 8. The van der Waals surface area contributed by atoms with Gasteiger partial charge in [0, 0.05) is 6.54 Å². The van der Waals surface area contributed by atoms with Gasteiger partial charge in [-0.05, 0) is 38.5 Å². The Bertz CT molecular complexity index is 1200. The van der Waals surface area contributed by atoms with E-state index >= 15 is 0 Å². The number of aromatic nitrogens is 4. The Balaban J connectivity index is 1.33. The van der Waals surface area contributed by atoms with Crippen molar-refractivity contribution in [3.63, 3.8) is 0 Å².